The monoisotopic (exact) mass is 1690 g/mol. The zero-order valence-electron chi connectivity index (χ0n) is 66.2. The quantitative estimate of drug-likeness (QED) is 0.0180. The van der Waals surface area contributed by atoms with Crippen molar-refractivity contribution in [3.05, 3.63) is 184 Å². The van der Waals surface area contributed by atoms with Gasteiger partial charge in [0.05, 0.1) is 57.6 Å². The molecule has 0 saturated carbocycles. The van der Waals surface area contributed by atoms with Crippen LogP contribution in [0, 0.1) is 17.8 Å². The molecule has 1 unspecified atom stereocenters. The molecule has 2 aromatic heterocycles. The second kappa shape index (κ2) is 38.1. The first-order valence-electron chi connectivity index (χ1n) is 39.4. The number of benzene rings is 5. The van der Waals surface area contributed by atoms with Crippen LogP contribution in [0.25, 0.3) is 16.0 Å². The summed E-state index contributed by atoms with van der Waals surface area (Å²) in [4.78, 5) is 90.5. The Morgan fingerprint density at radius 3 is 2.09 bits per heavy atom. The van der Waals surface area contributed by atoms with E-state index in [0.717, 1.165) is 127 Å². The number of carbonyl (C=O) groups excluding carboxylic acids is 5. The third kappa shape index (κ3) is 22.3. The smallest absolute Gasteiger partial charge is 0.391 e. The summed E-state index contributed by atoms with van der Waals surface area (Å²) >= 11 is 9.40. The second-order valence-corrected chi connectivity index (χ2v) is 38.0. The number of likely N-dealkylation sites (tertiary alicyclic amines) is 1. The third-order valence-corrected chi connectivity index (χ3v) is 27.6. The van der Waals surface area contributed by atoms with Crippen molar-refractivity contribution in [3.8, 4) is 10.4 Å². The molecule has 0 radical (unpaired) electrons. The van der Waals surface area contributed by atoms with Gasteiger partial charge in [-0.15, -0.1) is 23.1 Å². The first-order valence-corrected chi connectivity index (χ1v) is 44.6. The van der Waals surface area contributed by atoms with Gasteiger partial charge in [0.15, 0.2) is 0 Å². The standard InChI is InChI=1S/C84H103ClF3N13O11S4/c1-56(58-14-16-60(17-15-58)76-57(2)91-55-114-76)92-80(106)72-47-67(102)52-101(72)81(107)77(82(3,4)5)94-75(103)13-10-33-89-78(104)62-22-29-74(90-50-62)100-41-37-98(38-42-100)54-83(6)32-30-70(59-18-23-64(85)24-19-59)63(49-83)51-97-35-39-99(40-36-97)66-25-20-61(21-26-66)79(105)95-116(110,111)69-27-28-71(73(48-69)115(108,109)84(86,87)88)93-65(31-34-96-43-45-112-46-44-96)53-113-68-11-8-7-9-12-68/h7-9,11-12,14-29,48,50,55-56,65,67,72,77,93,102H,10,13,30-47,49,51-54H2,1-6H3,(H,89,104)(H,92,106)(H,94,103)(H,95,105)/t56-,65+,67+,72-,77+,83?/m0/s1. The lowest BCUT2D eigenvalue weighted by atomic mass is 9.71. The zero-order valence-corrected chi connectivity index (χ0v) is 70.2. The fraction of sp³-hybridized carbons (Fsp3) is 0.464. The number of aryl methyl sites for hydroxylation is 1. The van der Waals surface area contributed by atoms with E-state index in [4.69, 9.17) is 21.3 Å². The van der Waals surface area contributed by atoms with E-state index >= 15 is 0 Å². The van der Waals surface area contributed by atoms with Gasteiger partial charge in [0, 0.05) is 150 Å². The summed E-state index contributed by atoms with van der Waals surface area (Å²) < 4.78 is 105. The highest BCUT2D eigenvalue weighted by Gasteiger charge is 2.49. The summed E-state index contributed by atoms with van der Waals surface area (Å²) in [5.41, 5.74) is 2.67. The highest BCUT2D eigenvalue weighted by molar-refractivity contribution is 7.99. The predicted octanol–water partition coefficient (Wildman–Crippen LogP) is 11.3. The van der Waals surface area contributed by atoms with Crippen LogP contribution >= 0.6 is 34.7 Å². The normalized spacial score (nSPS) is 19.8. The average molecular weight is 1690 g/mol. The Morgan fingerprint density at radius 2 is 1.44 bits per heavy atom. The molecule has 32 heteroatoms. The van der Waals surface area contributed by atoms with E-state index in [1.165, 1.54) is 39.9 Å². The van der Waals surface area contributed by atoms with Crippen LogP contribution in [0.3, 0.4) is 0 Å². The lowest BCUT2D eigenvalue weighted by Gasteiger charge is -2.44. The summed E-state index contributed by atoms with van der Waals surface area (Å²) in [6.07, 6.45) is 4.22. The van der Waals surface area contributed by atoms with Crippen molar-refractivity contribution in [2.45, 2.75) is 137 Å². The van der Waals surface area contributed by atoms with Crippen LogP contribution in [-0.2, 0) is 39.0 Å². The molecule has 4 saturated heterocycles. The maximum atomic E-state index is 14.4. The van der Waals surface area contributed by atoms with Crippen LogP contribution in [0.5, 0.6) is 0 Å². The van der Waals surface area contributed by atoms with E-state index in [1.54, 1.807) is 41.2 Å². The number of thioether (sulfide) groups is 1. The number of aliphatic hydroxyl groups is 1. The Morgan fingerprint density at radius 1 is 0.767 bits per heavy atom. The summed E-state index contributed by atoms with van der Waals surface area (Å²) in [5.74, 6) is -1.53. The molecule has 0 bridgehead atoms. The van der Waals surface area contributed by atoms with Gasteiger partial charge in [-0.2, -0.15) is 13.2 Å². The van der Waals surface area contributed by atoms with Crippen LogP contribution in [-0.4, -0.2) is 228 Å². The molecule has 24 nitrogen and oxygen atoms in total. The van der Waals surface area contributed by atoms with Crippen molar-refractivity contribution < 1.29 is 63.8 Å². The van der Waals surface area contributed by atoms with Crippen LogP contribution < -0.4 is 35.8 Å². The number of rotatable bonds is 30. The predicted molar refractivity (Wildman–Crippen MR) is 447 cm³/mol. The van der Waals surface area contributed by atoms with Crippen LogP contribution in [0.4, 0.5) is 30.4 Å². The van der Waals surface area contributed by atoms with Gasteiger partial charge >= 0.3 is 5.51 Å². The highest BCUT2D eigenvalue weighted by Crippen LogP contribution is 2.45. The molecule has 116 heavy (non-hydrogen) atoms. The number of piperazine rings is 2. The Kier molecular flexibility index (Phi) is 28.5. The van der Waals surface area contributed by atoms with Gasteiger partial charge in [0.25, 0.3) is 31.7 Å². The Bertz CT molecular complexity index is 4850. The topological polar surface area (TPSA) is 288 Å². The number of thiazole rings is 1. The highest BCUT2D eigenvalue weighted by atomic mass is 35.5. The number of allylic oxidation sites excluding steroid dienone is 1. The molecule has 6 heterocycles. The Balaban J connectivity index is 0.592. The number of ether oxygens (including phenoxy) is 1. The SMILES string of the molecule is Cc1ncsc1-c1ccc([C@H](C)NC(=O)[C@@H]2C[C@@H](O)CN2C(=O)[C@@H](NC(=O)CCCNC(=O)c2ccc(N3CCN(CC4(C)CCC(c5ccc(Cl)cc5)=C(CN5CCN(c6ccc(C(=O)NS(=O)(=O)c7ccc(N[C@H](CCN8CCOCC8)CSc8ccccc8)c(S(=O)(=O)C(F)(F)F)c7)cc6)CC5)C4)CC3)nc2)C(C)(C)C)cc1. The molecule has 12 rings (SSSR count). The van der Waals surface area contributed by atoms with E-state index in [2.05, 4.69) is 69.8 Å². The fourth-order valence-electron chi connectivity index (χ4n) is 15.7. The number of morpholine rings is 1. The number of pyridine rings is 1. The van der Waals surface area contributed by atoms with Gasteiger partial charge in [-0.1, -0.05) is 99.5 Å². The molecule has 5 amide bonds. The number of β-amino-alcohol motifs (C(OH)–C–C–N with tert-alkyl or cyclic N) is 1. The van der Waals surface area contributed by atoms with E-state index in [0.29, 0.717) is 81.2 Å². The number of halogens is 4. The minimum Gasteiger partial charge on any atom is -0.391 e. The van der Waals surface area contributed by atoms with Gasteiger partial charge in [-0.3, -0.25) is 38.7 Å². The van der Waals surface area contributed by atoms with E-state index < -0.39 is 88.2 Å². The molecule has 5 aromatic carbocycles. The summed E-state index contributed by atoms with van der Waals surface area (Å²) in [6.45, 7) is 22.3. The Labute approximate surface area is 690 Å². The average Bonchev–Trinajstić information content (AvgIpc) is 0.968. The number of anilines is 3. The molecule has 0 spiro atoms. The Hall–Kier alpha value is -8.50. The molecule has 6 atom stereocenters. The maximum absolute atomic E-state index is 14.4. The first-order chi connectivity index (χ1) is 55.3. The van der Waals surface area contributed by atoms with Crippen LogP contribution in [0.15, 0.2) is 165 Å². The van der Waals surface area contributed by atoms with E-state index in [1.807, 2.05) is 112 Å². The third-order valence-electron chi connectivity index (χ3n) is 22.3. The summed E-state index contributed by atoms with van der Waals surface area (Å²) in [6, 6.07) is 34.8. The number of sulfone groups is 1. The number of aromatic nitrogens is 2. The number of carbonyl (C=O) groups is 5. The van der Waals surface area contributed by atoms with Gasteiger partial charge in [-0.05, 0) is 158 Å². The van der Waals surface area contributed by atoms with Crippen molar-refractivity contribution in [3.63, 3.8) is 0 Å². The van der Waals surface area contributed by atoms with E-state index in [-0.39, 0.29) is 54.8 Å². The number of alkyl halides is 3. The summed E-state index contributed by atoms with van der Waals surface area (Å²) in [5, 5.41) is 23.3. The maximum Gasteiger partial charge on any atom is 0.501 e. The molecular formula is C84H103ClF3N13O11S4. The molecule has 7 aromatic rings. The van der Waals surface area contributed by atoms with Crippen LogP contribution in [0.1, 0.15) is 123 Å². The van der Waals surface area contributed by atoms with Crippen molar-refractivity contribution in [2.24, 2.45) is 10.8 Å². The molecule has 1 aliphatic carbocycles. The van der Waals surface area contributed by atoms with Gasteiger partial charge < -0.3 is 45.8 Å². The molecule has 622 valence electrons. The first kappa shape index (κ1) is 86.8. The molecular weight excluding hydrogens is 1590 g/mol. The van der Waals surface area contributed by atoms with E-state index in [9.17, 15) is 59.1 Å². The number of sulfonamides is 1. The van der Waals surface area contributed by atoms with Gasteiger partial charge in [0.1, 0.15) is 22.8 Å². The lowest BCUT2D eigenvalue weighted by molar-refractivity contribution is -0.144. The molecule has 4 aliphatic heterocycles. The number of amides is 5. The number of hydrogen-bond donors (Lipinski definition) is 6. The lowest BCUT2D eigenvalue weighted by Crippen LogP contribution is -2.57. The summed E-state index contributed by atoms with van der Waals surface area (Å²) in [7, 11) is -11.0. The van der Waals surface area contributed by atoms with Crippen molar-refractivity contribution in [1.29, 1.82) is 0 Å². The van der Waals surface area contributed by atoms with Crippen molar-refractivity contribution in [1.82, 2.24) is 50.2 Å². The number of hydrogen-bond acceptors (Lipinski definition) is 21. The van der Waals surface area contributed by atoms with Crippen LogP contribution in [0.2, 0.25) is 5.02 Å². The minimum absolute atomic E-state index is 0.0223. The van der Waals surface area contributed by atoms with Crippen molar-refractivity contribution >= 4 is 107 Å². The largest absolute Gasteiger partial charge is 0.501 e. The van der Waals surface area contributed by atoms with Gasteiger partial charge in [0.2, 0.25) is 17.7 Å². The minimum atomic E-state index is -6.11. The molecule has 6 N–H and O–H groups in total. The van der Waals surface area contributed by atoms with Crippen molar-refractivity contribution in [2.75, 3.05) is 132 Å². The molecule has 4 fully saturated rings. The zero-order chi connectivity index (χ0) is 82.7. The number of nitrogens with zero attached hydrogens (tertiary/aromatic N) is 8. The second-order valence-electron chi connectivity index (χ2n) is 32.0. The number of nitrogens with one attached hydrogen (secondary N) is 5. The fourth-order valence-corrected chi connectivity index (χ4v) is 19.7. The van der Waals surface area contributed by atoms with Gasteiger partial charge in [-0.25, -0.2) is 31.5 Å². The number of aliphatic hydroxyl groups excluding tert-OH is 1. The molecule has 5 aliphatic rings.